The summed E-state index contributed by atoms with van der Waals surface area (Å²) in [4.78, 5) is 7.27. The maximum atomic E-state index is 13.0. The van der Waals surface area contributed by atoms with E-state index in [2.05, 4.69) is 9.97 Å². The molecule has 2 aromatic heterocycles. The van der Waals surface area contributed by atoms with Gasteiger partial charge < -0.3 is 10.1 Å². The zero-order valence-corrected chi connectivity index (χ0v) is 12.5. The molecular weight excluding hydrogens is 290 g/mol. The lowest BCUT2D eigenvalue weighted by atomic mass is 10.2. The van der Waals surface area contributed by atoms with Gasteiger partial charge in [0.1, 0.15) is 10.5 Å². The van der Waals surface area contributed by atoms with Crippen LogP contribution in [0, 0.1) is 0 Å². The molecule has 3 rings (SSSR count). The zero-order chi connectivity index (χ0) is 14.9. The molecule has 0 amide bonds. The molecule has 7 heteroatoms. The first kappa shape index (κ1) is 14.5. The van der Waals surface area contributed by atoms with E-state index in [0.717, 1.165) is 25.7 Å². The van der Waals surface area contributed by atoms with Crippen LogP contribution < -0.4 is 0 Å². The molecule has 6 nitrogen and oxygen atoms in total. The van der Waals surface area contributed by atoms with Gasteiger partial charge in [0.25, 0.3) is 0 Å². The van der Waals surface area contributed by atoms with Crippen LogP contribution >= 0.6 is 0 Å². The fraction of sp³-hybridized carbons (Fsp3) is 0.500. The Labute approximate surface area is 123 Å². The number of hydrogen-bond donors (Lipinski definition) is 2. The van der Waals surface area contributed by atoms with Crippen molar-refractivity contribution < 1.29 is 13.5 Å². The van der Waals surface area contributed by atoms with E-state index in [1.165, 1.54) is 10.5 Å². The maximum absolute atomic E-state index is 13.0. The summed E-state index contributed by atoms with van der Waals surface area (Å²) < 4.78 is 27.4. The SMILES string of the molecule is O=S(=O)(c1c[nH]c2ncccc12)N(CCO)C1CCCC1. The number of nitrogens with one attached hydrogen (secondary N) is 1. The van der Waals surface area contributed by atoms with E-state index < -0.39 is 10.0 Å². The molecule has 21 heavy (non-hydrogen) atoms. The molecule has 1 aliphatic rings. The normalized spacial score (nSPS) is 17.0. The van der Waals surface area contributed by atoms with Crippen LogP contribution in [0.1, 0.15) is 25.7 Å². The number of nitrogens with zero attached hydrogens (tertiary/aromatic N) is 2. The van der Waals surface area contributed by atoms with Crippen molar-refractivity contribution in [2.45, 2.75) is 36.6 Å². The highest BCUT2D eigenvalue weighted by atomic mass is 32.2. The molecule has 1 saturated carbocycles. The minimum Gasteiger partial charge on any atom is -0.395 e. The van der Waals surface area contributed by atoms with Crippen molar-refractivity contribution in [3.8, 4) is 0 Å². The first-order valence-corrected chi connectivity index (χ1v) is 8.63. The van der Waals surface area contributed by atoms with E-state index in [4.69, 9.17) is 0 Å². The lowest BCUT2D eigenvalue weighted by Gasteiger charge is -2.27. The van der Waals surface area contributed by atoms with Crippen LogP contribution in [0.25, 0.3) is 11.0 Å². The lowest BCUT2D eigenvalue weighted by molar-refractivity contribution is 0.226. The highest BCUT2D eigenvalue weighted by Crippen LogP contribution is 2.31. The van der Waals surface area contributed by atoms with Gasteiger partial charge in [-0.15, -0.1) is 0 Å². The number of fused-ring (bicyclic) bond motifs is 1. The molecule has 2 aromatic rings. The third-order valence-electron chi connectivity index (χ3n) is 4.05. The molecule has 0 bridgehead atoms. The minimum atomic E-state index is -3.63. The summed E-state index contributed by atoms with van der Waals surface area (Å²) in [5.74, 6) is 0. The third-order valence-corrected chi connectivity index (χ3v) is 6.04. The second-order valence-corrected chi connectivity index (χ2v) is 7.19. The smallest absolute Gasteiger partial charge is 0.245 e. The quantitative estimate of drug-likeness (QED) is 0.876. The van der Waals surface area contributed by atoms with Crippen molar-refractivity contribution in [3.63, 3.8) is 0 Å². The van der Waals surface area contributed by atoms with Gasteiger partial charge in [-0.25, -0.2) is 13.4 Å². The van der Waals surface area contributed by atoms with Crippen molar-refractivity contribution in [3.05, 3.63) is 24.5 Å². The molecule has 0 aliphatic heterocycles. The average Bonchev–Trinajstić information content (AvgIpc) is 3.13. The molecule has 0 radical (unpaired) electrons. The number of aliphatic hydroxyl groups is 1. The van der Waals surface area contributed by atoms with Crippen molar-refractivity contribution in [1.82, 2.24) is 14.3 Å². The Hall–Kier alpha value is -1.44. The molecule has 0 spiro atoms. The van der Waals surface area contributed by atoms with Gasteiger partial charge in [0.05, 0.1) is 6.61 Å². The Balaban J connectivity index is 2.04. The number of H-pyrrole nitrogens is 1. The number of pyridine rings is 1. The molecular formula is C14H19N3O3S. The highest BCUT2D eigenvalue weighted by molar-refractivity contribution is 7.89. The van der Waals surface area contributed by atoms with Crippen LogP contribution in [0.15, 0.2) is 29.4 Å². The third kappa shape index (κ3) is 2.56. The number of sulfonamides is 1. The van der Waals surface area contributed by atoms with Gasteiger partial charge in [0, 0.05) is 30.4 Å². The van der Waals surface area contributed by atoms with Crippen LogP contribution in [-0.2, 0) is 10.0 Å². The minimum absolute atomic E-state index is 0.0104. The van der Waals surface area contributed by atoms with E-state index in [1.807, 2.05) is 0 Å². The number of aliphatic hydroxyl groups excluding tert-OH is 1. The summed E-state index contributed by atoms with van der Waals surface area (Å²) in [5, 5.41) is 9.84. The molecule has 2 heterocycles. The van der Waals surface area contributed by atoms with E-state index >= 15 is 0 Å². The number of aromatic amines is 1. The zero-order valence-electron chi connectivity index (χ0n) is 11.7. The van der Waals surface area contributed by atoms with Gasteiger partial charge in [0.2, 0.25) is 10.0 Å². The molecule has 0 unspecified atom stereocenters. The fourth-order valence-corrected chi connectivity index (χ4v) is 4.89. The monoisotopic (exact) mass is 309 g/mol. The van der Waals surface area contributed by atoms with E-state index in [0.29, 0.717) is 11.0 Å². The summed E-state index contributed by atoms with van der Waals surface area (Å²) >= 11 is 0. The van der Waals surface area contributed by atoms with Gasteiger partial charge in [-0.2, -0.15) is 4.31 Å². The van der Waals surface area contributed by atoms with Crippen molar-refractivity contribution in [2.75, 3.05) is 13.2 Å². The standard InChI is InChI=1S/C14H19N3O3S/c18-9-8-17(11-4-1-2-5-11)21(19,20)13-10-16-14-12(13)6-3-7-15-14/h3,6-7,10-11,18H,1-2,4-5,8-9H2,(H,15,16). The summed E-state index contributed by atoms with van der Waals surface area (Å²) in [5.41, 5.74) is 0.562. The largest absolute Gasteiger partial charge is 0.395 e. The van der Waals surface area contributed by atoms with Crippen LogP contribution in [0.5, 0.6) is 0 Å². The maximum Gasteiger partial charge on any atom is 0.245 e. The van der Waals surface area contributed by atoms with Crippen LogP contribution in [-0.4, -0.2) is 47.0 Å². The Bertz CT molecular complexity index is 720. The molecule has 1 aliphatic carbocycles. The molecule has 1 fully saturated rings. The summed E-state index contributed by atoms with van der Waals surface area (Å²) in [6.45, 7) is -0.0315. The Morgan fingerprint density at radius 1 is 1.38 bits per heavy atom. The van der Waals surface area contributed by atoms with Crippen molar-refractivity contribution in [2.24, 2.45) is 0 Å². The topological polar surface area (TPSA) is 86.3 Å². The van der Waals surface area contributed by atoms with Gasteiger partial charge in [-0.3, -0.25) is 0 Å². The number of aromatic nitrogens is 2. The van der Waals surface area contributed by atoms with Crippen LogP contribution in [0.4, 0.5) is 0 Å². The molecule has 0 saturated heterocycles. The van der Waals surface area contributed by atoms with Gasteiger partial charge >= 0.3 is 0 Å². The van der Waals surface area contributed by atoms with Gasteiger partial charge in [-0.1, -0.05) is 12.8 Å². The second kappa shape index (κ2) is 5.75. The number of hydrogen-bond acceptors (Lipinski definition) is 4. The van der Waals surface area contributed by atoms with Crippen LogP contribution in [0.3, 0.4) is 0 Å². The van der Waals surface area contributed by atoms with Crippen LogP contribution in [0.2, 0.25) is 0 Å². The predicted octanol–water partition coefficient (Wildman–Crippen LogP) is 1.49. The highest BCUT2D eigenvalue weighted by Gasteiger charge is 2.34. The summed E-state index contributed by atoms with van der Waals surface area (Å²) in [7, 11) is -3.63. The Morgan fingerprint density at radius 2 is 2.14 bits per heavy atom. The fourth-order valence-electron chi connectivity index (χ4n) is 3.06. The van der Waals surface area contributed by atoms with E-state index in [-0.39, 0.29) is 24.1 Å². The van der Waals surface area contributed by atoms with Gasteiger partial charge in [-0.05, 0) is 25.0 Å². The molecule has 114 valence electrons. The second-order valence-electron chi connectivity index (χ2n) is 5.33. The first-order valence-electron chi connectivity index (χ1n) is 7.19. The summed E-state index contributed by atoms with van der Waals surface area (Å²) in [6, 6.07) is 3.46. The van der Waals surface area contributed by atoms with E-state index in [1.54, 1.807) is 18.3 Å². The van der Waals surface area contributed by atoms with Crippen molar-refractivity contribution >= 4 is 21.1 Å². The predicted molar refractivity (Wildman–Crippen MR) is 79.3 cm³/mol. The van der Waals surface area contributed by atoms with E-state index in [9.17, 15) is 13.5 Å². The first-order chi connectivity index (χ1) is 10.1. The number of rotatable bonds is 5. The molecule has 0 aromatic carbocycles. The Morgan fingerprint density at radius 3 is 2.86 bits per heavy atom. The average molecular weight is 309 g/mol. The lowest BCUT2D eigenvalue weighted by Crippen LogP contribution is -2.40. The Kier molecular flexibility index (Phi) is 3.97. The van der Waals surface area contributed by atoms with Gasteiger partial charge in [0.15, 0.2) is 0 Å². The van der Waals surface area contributed by atoms with Crippen molar-refractivity contribution in [1.29, 1.82) is 0 Å². The molecule has 2 N–H and O–H groups in total. The summed E-state index contributed by atoms with van der Waals surface area (Å²) in [6.07, 6.45) is 6.92. The molecule has 0 atom stereocenters.